The highest BCUT2D eigenvalue weighted by Gasteiger charge is 2.31. The van der Waals surface area contributed by atoms with E-state index in [4.69, 9.17) is 20.7 Å². The van der Waals surface area contributed by atoms with E-state index in [2.05, 4.69) is 34.3 Å². The van der Waals surface area contributed by atoms with Gasteiger partial charge in [-0.15, -0.1) is 0 Å². The molecule has 0 aromatic heterocycles. The SMILES string of the molecule is C=C(C)[C@@H]1CCC(C)=C[C@H]1c1c(O)cc(CCCCC)cc1OC(=O)CCC1CO1.O=C(O)CCC1CO1.[2H]C[B]. The zero-order valence-corrected chi connectivity index (χ0v) is 24.5. The van der Waals surface area contributed by atoms with Crippen molar-refractivity contribution in [1.82, 2.24) is 0 Å². The van der Waals surface area contributed by atoms with E-state index in [9.17, 15) is 14.7 Å². The van der Waals surface area contributed by atoms with Gasteiger partial charge in [0.05, 0.1) is 33.3 Å². The Morgan fingerprint density at radius 2 is 1.80 bits per heavy atom. The van der Waals surface area contributed by atoms with Gasteiger partial charge in [0.2, 0.25) is 0 Å². The van der Waals surface area contributed by atoms with Gasteiger partial charge in [-0.2, -0.15) is 0 Å². The average Bonchev–Trinajstić information content (AvgIpc) is 3.82. The molecule has 40 heavy (non-hydrogen) atoms. The number of hydrogen-bond donors (Lipinski definition) is 2. The topological polar surface area (TPSA) is 109 Å². The summed E-state index contributed by atoms with van der Waals surface area (Å²) in [4.78, 5) is 22.4. The maximum Gasteiger partial charge on any atom is 0.311 e. The summed E-state index contributed by atoms with van der Waals surface area (Å²) in [5, 5.41) is 19.2. The van der Waals surface area contributed by atoms with E-state index in [0.717, 1.165) is 68.4 Å². The van der Waals surface area contributed by atoms with E-state index in [-0.39, 0.29) is 49.0 Å². The number of carboxylic acids is 1. The summed E-state index contributed by atoms with van der Waals surface area (Å²) >= 11 is 0. The van der Waals surface area contributed by atoms with Gasteiger partial charge in [0.1, 0.15) is 11.5 Å². The first-order valence-corrected chi connectivity index (χ1v) is 14.4. The van der Waals surface area contributed by atoms with Crippen molar-refractivity contribution in [2.45, 2.75) is 110 Å². The van der Waals surface area contributed by atoms with Gasteiger partial charge in [0.15, 0.2) is 0 Å². The molecule has 1 aromatic rings. The monoisotopic (exact) mass is 555 g/mol. The molecule has 2 saturated heterocycles. The minimum absolute atomic E-state index is 0. The Morgan fingerprint density at radius 1 is 1.18 bits per heavy atom. The highest BCUT2D eigenvalue weighted by molar-refractivity contribution is 6.05. The van der Waals surface area contributed by atoms with Gasteiger partial charge in [-0.25, -0.2) is 0 Å². The molecule has 2 unspecified atom stereocenters. The number of phenolic OH excluding ortho intramolecular Hbond substituents is 1. The van der Waals surface area contributed by atoms with E-state index >= 15 is 0 Å². The fourth-order valence-corrected chi connectivity index (χ4v) is 4.92. The molecule has 1 aromatic carbocycles. The number of carbonyl (C=O) groups excluding carboxylic acids is 1. The molecule has 2 radical (unpaired) electrons. The Hall–Kier alpha value is -2.58. The van der Waals surface area contributed by atoms with Crippen molar-refractivity contribution in [3.05, 3.63) is 47.1 Å². The van der Waals surface area contributed by atoms with E-state index in [1.54, 1.807) is 0 Å². The molecule has 4 rings (SSSR count). The summed E-state index contributed by atoms with van der Waals surface area (Å²) in [5.74, 6) is -0.0796. The van der Waals surface area contributed by atoms with Crippen LogP contribution < -0.4 is 4.74 Å². The number of carbonyl (C=O) groups is 2. The maximum absolute atomic E-state index is 12.6. The number of esters is 1. The molecule has 0 saturated carbocycles. The number of ether oxygens (including phenoxy) is 3. The second-order valence-corrected chi connectivity index (χ2v) is 10.9. The fourth-order valence-electron chi connectivity index (χ4n) is 4.92. The lowest BCUT2D eigenvalue weighted by Crippen LogP contribution is -2.19. The molecule has 3 aliphatic rings. The molecular weight excluding hydrogens is 507 g/mol. The third kappa shape index (κ3) is 11.9. The zero-order valence-electron chi connectivity index (χ0n) is 25.5. The van der Waals surface area contributed by atoms with Crippen molar-refractivity contribution >= 4 is 19.8 Å². The number of aryl methyl sites for hydroxylation is 1. The molecule has 4 atom stereocenters. The van der Waals surface area contributed by atoms with Crippen LogP contribution in [0, 0.1) is 5.92 Å². The van der Waals surface area contributed by atoms with Crippen LogP contribution in [0.15, 0.2) is 35.9 Å². The number of carboxylic acid groups (broad SMARTS) is 1. The minimum atomic E-state index is -0.736. The molecule has 2 aliphatic heterocycles. The van der Waals surface area contributed by atoms with Gasteiger partial charge in [-0.05, 0) is 76.0 Å². The normalized spacial score (nSPS) is 22.8. The van der Waals surface area contributed by atoms with Gasteiger partial charge in [-0.3, -0.25) is 9.59 Å². The van der Waals surface area contributed by atoms with Crippen LogP contribution in [0.2, 0.25) is 6.80 Å². The summed E-state index contributed by atoms with van der Waals surface area (Å²) in [6.07, 6.45) is 10.8. The summed E-state index contributed by atoms with van der Waals surface area (Å²) < 4.78 is 21.8. The number of aliphatic carboxylic acids is 1. The molecule has 8 heteroatoms. The predicted octanol–water partition coefficient (Wildman–Crippen LogP) is 6.68. The van der Waals surface area contributed by atoms with Gasteiger partial charge >= 0.3 is 11.9 Å². The molecule has 2 heterocycles. The summed E-state index contributed by atoms with van der Waals surface area (Å²) in [7, 11) is 4.51. The van der Waals surface area contributed by atoms with Crippen molar-refractivity contribution < 1.29 is 35.4 Å². The lowest BCUT2D eigenvalue weighted by atomic mass is 9.73. The van der Waals surface area contributed by atoms with Crippen molar-refractivity contribution in [2.75, 3.05) is 13.2 Å². The third-order valence-electron chi connectivity index (χ3n) is 7.34. The van der Waals surface area contributed by atoms with Gasteiger partial charge in [0, 0.05) is 25.7 Å². The number of allylic oxidation sites excluding steroid dienone is 3. The van der Waals surface area contributed by atoms with Crippen LogP contribution in [0.25, 0.3) is 0 Å². The second-order valence-electron chi connectivity index (χ2n) is 10.9. The molecule has 0 bridgehead atoms. The first kappa shape index (κ1) is 31.9. The van der Waals surface area contributed by atoms with Gasteiger partial charge < -0.3 is 24.4 Å². The number of rotatable bonds is 13. The lowest BCUT2D eigenvalue weighted by Gasteiger charge is -2.32. The highest BCUT2D eigenvalue weighted by atomic mass is 16.6. The smallest absolute Gasteiger partial charge is 0.311 e. The van der Waals surface area contributed by atoms with Crippen molar-refractivity contribution in [1.29, 1.82) is 0 Å². The first-order chi connectivity index (χ1) is 19.6. The van der Waals surface area contributed by atoms with E-state index in [1.807, 2.05) is 19.1 Å². The Kier molecular flexibility index (Phi) is 13.8. The molecule has 0 amide bonds. The predicted molar refractivity (Wildman–Crippen MR) is 158 cm³/mol. The molecule has 2 N–H and O–H groups in total. The van der Waals surface area contributed by atoms with Crippen LogP contribution in [-0.4, -0.2) is 55.4 Å². The Balaban J connectivity index is 0.000000449. The molecule has 2 fully saturated rings. The number of phenols is 1. The number of unbranched alkanes of at least 4 members (excludes halogenated alkanes) is 2. The number of aromatic hydroxyl groups is 1. The largest absolute Gasteiger partial charge is 0.507 e. The van der Waals surface area contributed by atoms with E-state index in [1.165, 1.54) is 5.57 Å². The van der Waals surface area contributed by atoms with Crippen LogP contribution in [-0.2, 0) is 25.5 Å². The first-order valence-electron chi connectivity index (χ1n) is 15.1. The van der Waals surface area contributed by atoms with Crippen molar-refractivity contribution in [3.63, 3.8) is 0 Å². The minimum Gasteiger partial charge on any atom is -0.507 e. The van der Waals surface area contributed by atoms with Crippen LogP contribution in [0.1, 0.15) is 97.0 Å². The zero-order chi connectivity index (χ0) is 30.4. The van der Waals surface area contributed by atoms with E-state index in [0.29, 0.717) is 25.0 Å². The van der Waals surface area contributed by atoms with Crippen LogP contribution in [0.5, 0.6) is 11.5 Å². The summed E-state index contributed by atoms with van der Waals surface area (Å²) in [6, 6.07) is 3.82. The standard InChI is InChI=1S/C26H36O4.C5H8O3.CH3B/c1-5-6-7-8-19-14-23(27)26(22-13-18(4)9-11-21(22)17(2)3)24(15-19)30-25(28)12-10-20-16-29-20;6-5(7)2-1-4-3-8-4;1-2/h13-15,20-22,27H,2,5-12,16H2,1,3-4H3;4H,1-3H2,(H,6,7);1H3/t20?,21-,22+;;/m0../s1/i;;1D. The van der Waals surface area contributed by atoms with Crippen molar-refractivity contribution in [2.24, 2.45) is 5.92 Å². The lowest BCUT2D eigenvalue weighted by molar-refractivity contribution is -0.137. The number of benzene rings is 1. The third-order valence-corrected chi connectivity index (χ3v) is 7.34. The quantitative estimate of drug-likeness (QED) is 0.0698. The molecular formula is C32H47BO7. The Bertz CT molecular complexity index is 1030. The second kappa shape index (κ2) is 17.3. The Labute approximate surface area is 242 Å². The van der Waals surface area contributed by atoms with Gasteiger partial charge in [-0.1, -0.05) is 50.4 Å². The van der Waals surface area contributed by atoms with Gasteiger partial charge in [0.25, 0.3) is 0 Å². The molecule has 1 aliphatic carbocycles. The molecule has 0 spiro atoms. The van der Waals surface area contributed by atoms with Crippen LogP contribution in [0.4, 0.5) is 0 Å². The number of epoxide rings is 2. The van der Waals surface area contributed by atoms with E-state index < -0.39 is 5.97 Å². The number of hydrogen-bond acceptors (Lipinski definition) is 6. The summed E-state index contributed by atoms with van der Waals surface area (Å²) in [5.41, 5.74) is 4.13. The van der Waals surface area contributed by atoms with Crippen molar-refractivity contribution in [3.8, 4) is 11.5 Å². The summed E-state index contributed by atoms with van der Waals surface area (Å²) in [6.45, 7) is 12.0. The average molecular weight is 556 g/mol. The molecule has 7 nitrogen and oxygen atoms in total. The molecule has 220 valence electrons. The van der Waals surface area contributed by atoms with Crippen LogP contribution >= 0.6 is 0 Å². The van der Waals surface area contributed by atoms with Crippen LogP contribution in [0.3, 0.4) is 0 Å². The Morgan fingerprint density at radius 3 is 2.35 bits per heavy atom. The fraction of sp³-hybridized carbons (Fsp3) is 0.625. The highest BCUT2D eigenvalue weighted by Crippen LogP contribution is 2.47. The maximum atomic E-state index is 12.6.